The number of aromatic amines is 1. The molecule has 0 spiro atoms. The zero-order valence-electron chi connectivity index (χ0n) is 13.8. The fraction of sp³-hybridized carbons (Fsp3) is 0.100. The van der Waals surface area contributed by atoms with E-state index >= 15 is 0 Å². The Hall–Kier alpha value is -3.10. The Morgan fingerprint density at radius 1 is 1.19 bits per heavy atom. The summed E-state index contributed by atoms with van der Waals surface area (Å²) in [6.45, 7) is 2.00. The number of aryl methyl sites for hydroxylation is 1. The summed E-state index contributed by atoms with van der Waals surface area (Å²) in [6.07, 6.45) is 0. The van der Waals surface area contributed by atoms with Crippen molar-refractivity contribution in [1.29, 1.82) is 5.26 Å². The van der Waals surface area contributed by atoms with Crippen molar-refractivity contribution in [2.24, 2.45) is 0 Å². The maximum atomic E-state index is 13.2. The first-order valence-electron chi connectivity index (χ1n) is 7.79. The Bertz CT molecular complexity index is 1050. The van der Waals surface area contributed by atoms with Gasteiger partial charge in [-0.05, 0) is 48.4 Å². The molecule has 0 bridgehead atoms. The summed E-state index contributed by atoms with van der Waals surface area (Å²) in [4.78, 5) is 14.5. The Morgan fingerprint density at radius 3 is 2.58 bits per heavy atom. The Morgan fingerprint density at radius 2 is 1.92 bits per heavy atom. The van der Waals surface area contributed by atoms with Crippen molar-refractivity contribution in [2.75, 3.05) is 0 Å². The highest BCUT2D eigenvalue weighted by Crippen LogP contribution is 2.25. The number of pyridine rings is 1. The van der Waals surface area contributed by atoms with Crippen LogP contribution in [0.5, 0.6) is 5.75 Å². The minimum atomic E-state index is -0.471. The molecule has 1 N–H and O–H groups in total. The molecule has 4 nitrogen and oxygen atoms in total. The first-order valence-corrected chi connectivity index (χ1v) is 8.17. The number of nitrogens with zero attached hydrogens (tertiary/aromatic N) is 1. The Labute approximate surface area is 154 Å². The van der Waals surface area contributed by atoms with Gasteiger partial charge in [0.2, 0.25) is 0 Å². The van der Waals surface area contributed by atoms with Gasteiger partial charge in [-0.15, -0.1) is 0 Å². The van der Waals surface area contributed by atoms with Crippen molar-refractivity contribution in [2.45, 2.75) is 13.5 Å². The molecule has 0 aliphatic rings. The topological polar surface area (TPSA) is 65.9 Å². The lowest BCUT2D eigenvalue weighted by molar-refractivity contribution is 0.306. The molecule has 1 aromatic heterocycles. The predicted molar refractivity (Wildman–Crippen MR) is 97.7 cm³/mol. The van der Waals surface area contributed by atoms with Crippen molar-refractivity contribution in [3.05, 3.63) is 86.5 Å². The highest BCUT2D eigenvalue weighted by atomic mass is 35.5. The summed E-state index contributed by atoms with van der Waals surface area (Å²) in [5.41, 5.74) is 2.41. The van der Waals surface area contributed by atoms with Gasteiger partial charge >= 0.3 is 0 Å². The van der Waals surface area contributed by atoms with Gasteiger partial charge in [0.15, 0.2) is 0 Å². The number of benzene rings is 2. The van der Waals surface area contributed by atoms with E-state index < -0.39 is 11.4 Å². The maximum Gasteiger partial charge on any atom is 0.266 e. The van der Waals surface area contributed by atoms with Gasteiger partial charge in [-0.1, -0.05) is 29.8 Å². The molecular formula is C20H14ClFN2O2. The molecule has 0 amide bonds. The number of hydrogen-bond donors (Lipinski definition) is 1. The number of nitrogens with one attached hydrogen (secondary N) is 1. The SMILES string of the molecule is Cc1cc(-c2ccc(OCc3ccc(F)c(Cl)c3)cc2)c(C#N)c(=O)[nH]1. The van der Waals surface area contributed by atoms with E-state index in [0.29, 0.717) is 17.0 Å². The molecule has 0 fully saturated rings. The van der Waals surface area contributed by atoms with Crippen molar-refractivity contribution >= 4 is 11.6 Å². The number of aromatic nitrogens is 1. The van der Waals surface area contributed by atoms with Gasteiger partial charge in [-0.2, -0.15) is 5.26 Å². The van der Waals surface area contributed by atoms with Crippen molar-refractivity contribution < 1.29 is 9.13 Å². The summed E-state index contributed by atoms with van der Waals surface area (Å²) in [5.74, 6) is 0.135. The average Bonchev–Trinajstić information content (AvgIpc) is 2.62. The molecule has 26 heavy (non-hydrogen) atoms. The molecule has 0 aliphatic carbocycles. The molecule has 0 atom stereocenters. The molecule has 3 rings (SSSR count). The average molecular weight is 369 g/mol. The molecule has 0 saturated carbocycles. The van der Waals surface area contributed by atoms with Crippen molar-refractivity contribution in [3.8, 4) is 22.9 Å². The molecule has 0 unspecified atom stereocenters. The lowest BCUT2D eigenvalue weighted by Gasteiger charge is -2.09. The normalized spacial score (nSPS) is 10.4. The fourth-order valence-electron chi connectivity index (χ4n) is 2.55. The van der Waals surface area contributed by atoms with Crippen LogP contribution in [0, 0.1) is 24.1 Å². The molecule has 1 heterocycles. The molecule has 0 saturated heterocycles. The second-order valence-electron chi connectivity index (χ2n) is 5.74. The monoisotopic (exact) mass is 368 g/mol. The van der Waals surface area contributed by atoms with E-state index in [1.54, 1.807) is 43.3 Å². The van der Waals surface area contributed by atoms with E-state index in [-0.39, 0.29) is 17.2 Å². The maximum absolute atomic E-state index is 13.2. The third-order valence-corrected chi connectivity index (χ3v) is 4.12. The Kier molecular flexibility index (Phi) is 5.06. The van der Waals surface area contributed by atoms with Crippen LogP contribution in [0.2, 0.25) is 5.02 Å². The molecule has 3 aromatic rings. The van der Waals surface area contributed by atoms with E-state index in [2.05, 4.69) is 4.98 Å². The zero-order valence-corrected chi connectivity index (χ0v) is 14.6. The number of hydrogen-bond acceptors (Lipinski definition) is 3. The van der Waals surface area contributed by atoms with Crippen LogP contribution in [-0.4, -0.2) is 4.98 Å². The van der Waals surface area contributed by atoms with E-state index in [9.17, 15) is 14.4 Å². The summed E-state index contributed by atoms with van der Waals surface area (Å²) in [7, 11) is 0. The van der Waals surface area contributed by atoms with Gasteiger partial charge in [0.05, 0.1) is 5.02 Å². The zero-order chi connectivity index (χ0) is 18.7. The third kappa shape index (κ3) is 3.76. The molecular weight excluding hydrogens is 355 g/mol. The number of ether oxygens (including phenoxy) is 1. The fourth-order valence-corrected chi connectivity index (χ4v) is 2.76. The van der Waals surface area contributed by atoms with Gasteiger partial charge in [0, 0.05) is 11.3 Å². The first kappa shape index (κ1) is 17.7. The van der Waals surface area contributed by atoms with Gasteiger partial charge in [-0.25, -0.2) is 4.39 Å². The highest BCUT2D eigenvalue weighted by Gasteiger charge is 2.10. The van der Waals surface area contributed by atoms with E-state index in [0.717, 1.165) is 11.1 Å². The van der Waals surface area contributed by atoms with Crippen molar-refractivity contribution in [1.82, 2.24) is 4.98 Å². The summed E-state index contributed by atoms with van der Waals surface area (Å²) >= 11 is 5.75. The van der Waals surface area contributed by atoms with Crippen LogP contribution >= 0.6 is 11.6 Å². The van der Waals surface area contributed by atoms with Gasteiger partial charge in [0.25, 0.3) is 5.56 Å². The standard InChI is InChI=1S/C20H14ClFN2O2/c1-12-8-16(17(10-23)20(25)24-12)14-3-5-15(6-4-14)26-11-13-2-7-19(22)18(21)9-13/h2-9H,11H2,1H3,(H,24,25). The van der Waals surface area contributed by atoms with Crippen LogP contribution in [-0.2, 0) is 6.61 Å². The Balaban J connectivity index is 1.80. The summed E-state index contributed by atoms with van der Waals surface area (Å²) < 4.78 is 18.8. The van der Waals surface area contributed by atoms with Gasteiger partial charge in [-0.3, -0.25) is 4.79 Å². The number of nitriles is 1. The number of rotatable bonds is 4. The third-order valence-electron chi connectivity index (χ3n) is 3.83. The molecule has 130 valence electrons. The molecule has 0 radical (unpaired) electrons. The number of H-pyrrole nitrogens is 1. The lowest BCUT2D eigenvalue weighted by atomic mass is 10.0. The van der Waals surface area contributed by atoms with E-state index in [4.69, 9.17) is 16.3 Å². The first-order chi connectivity index (χ1) is 12.5. The van der Waals surface area contributed by atoms with E-state index in [1.807, 2.05) is 6.07 Å². The van der Waals surface area contributed by atoms with Gasteiger partial charge in [0.1, 0.15) is 29.8 Å². The van der Waals surface area contributed by atoms with Crippen LogP contribution in [0.15, 0.2) is 53.3 Å². The van der Waals surface area contributed by atoms with Crippen LogP contribution in [0.4, 0.5) is 4.39 Å². The van der Waals surface area contributed by atoms with Gasteiger partial charge < -0.3 is 9.72 Å². The second-order valence-corrected chi connectivity index (χ2v) is 6.15. The molecule has 0 aliphatic heterocycles. The minimum Gasteiger partial charge on any atom is -0.489 e. The molecule has 6 heteroatoms. The van der Waals surface area contributed by atoms with Crippen LogP contribution in [0.1, 0.15) is 16.8 Å². The molecule has 2 aromatic carbocycles. The lowest BCUT2D eigenvalue weighted by Crippen LogP contribution is -2.12. The highest BCUT2D eigenvalue weighted by molar-refractivity contribution is 6.30. The summed E-state index contributed by atoms with van der Waals surface area (Å²) in [5, 5.41) is 9.28. The second kappa shape index (κ2) is 7.42. The van der Waals surface area contributed by atoms with Crippen LogP contribution in [0.3, 0.4) is 0 Å². The smallest absolute Gasteiger partial charge is 0.266 e. The largest absolute Gasteiger partial charge is 0.489 e. The summed E-state index contributed by atoms with van der Waals surface area (Å²) in [6, 6.07) is 15.2. The quantitative estimate of drug-likeness (QED) is 0.732. The van der Waals surface area contributed by atoms with Crippen LogP contribution in [0.25, 0.3) is 11.1 Å². The van der Waals surface area contributed by atoms with Crippen LogP contribution < -0.4 is 10.3 Å². The van der Waals surface area contributed by atoms with E-state index in [1.165, 1.54) is 12.1 Å². The van der Waals surface area contributed by atoms with Crippen molar-refractivity contribution in [3.63, 3.8) is 0 Å². The number of halogens is 2. The predicted octanol–water partition coefficient (Wildman–Crippen LogP) is 4.59. The minimum absolute atomic E-state index is 0.0511.